The molecule has 1 aliphatic heterocycles. The molecule has 2 amide bonds. The van der Waals surface area contributed by atoms with E-state index in [0.29, 0.717) is 0 Å². The Morgan fingerprint density at radius 2 is 2.17 bits per heavy atom. The maximum Gasteiger partial charge on any atom is 0.317 e. The van der Waals surface area contributed by atoms with E-state index in [1.807, 2.05) is 18.2 Å². The van der Waals surface area contributed by atoms with E-state index in [2.05, 4.69) is 32.2 Å². The molecule has 6 nitrogen and oxygen atoms in total. The minimum atomic E-state index is -0.898. The predicted octanol–water partition coefficient (Wildman–Crippen LogP) is 2.39. The van der Waals surface area contributed by atoms with E-state index in [0.717, 1.165) is 29.7 Å². The summed E-state index contributed by atoms with van der Waals surface area (Å²) in [7, 11) is 1.62. The molecule has 1 heterocycles. The van der Waals surface area contributed by atoms with E-state index in [1.165, 1.54) is 4.90 Å². The van der Waals surface area contributed by atoms with Crippen molar-refractivity contribution in [3.63, 3.8) is 0 Å². The van der Waals surface area contributed by atoms with Gasteiger partial charge in [0.15, 0.2) is 0 Å². The normalized spacial score (nSPS) is 18.6. The van der Waals surface area contributed by atoms with Gasteiger partial charge in [0, 0.05) is 37.2 Å². The summed E-state index contributed by atoms with van der Waals surface area (Å²) in [5, 5.41) is 11.9. The van der Waals surface area contributed by atoms with Crippen LogP contribution in [0.1, 0.15) is 13.3 Å². The second-order valence-electron chi connectivity index (χ2n) is 5.95. The van der Waals surface area contributed by atoms with Gasteiger partial charge < -0.3 is 20.2 Å². The molecular formula is C16H22BrN3O3. The van der Waals surface area contributed by atoms with Gasteiger partial charge in [0.1, 0.15) is 0 Å². The fourth-order valence-corrected chi connectivity index (χ4v) is 3.20. The molecule has 0 bridgehead atoms. The number of carboxylic acids is 1. The number of urea groups is 1. The topological polar surface area (TPSA) is 72.9 Å². The van der Waals surface area contributed by atoms with Crippen LogP contribution in [-0.2, 0) is 4.79 Å². The lowest BCUT2D eigenvalue weighted by Gasteiger charge is -2.23. The lowest BCUT2D eigenvalue weighted by atomic mass is 10.2. The van der Waals surface area contributed by atoms with Crippen molar-refractivity contribution in [1.29, 1.82) is 0 Å². The standard InChI is InChI=1S/C16H22BrN3O3/c1-11(15(21)22)9-19(2)16(23)18-12-7-8-20(10-12)14-6-4-3-5-13(14)17/h3-6,11-12H,7-10H2,1-2H3,(H,18,23)(H,21,22). The van der Waals surface area contributed by atoms with E-state index >= 15 is 0 Å². The number of nitrogens with zero attached hydrogens (tertiary/aromatic N) is 2. The Hall–Kier alpha value is -1.76. The van der Waals surface area contributed by atoms with Crippen LogP contribution in [0.25, 0.3) is 0 Å². The molecular weight excluding hydrogens is 362 g/mol. The molecule has 1 saturated heterocycles. The quantitative estimate of drug-likeness (QED) is 0.818. The summed E-state index contributed by atoms with van der Waals surface area (Å²) >= 11 is 3.55. The smallest absolute Gasteiger partial charge is 0.317 e. The number of aliphatic carboxylic acids is 1. The Morgan fingerprint density at radius 3 is 2.83 bits per heavy atom. The van der Waals surface area contributed by atoms with Gasteiger partial charge in [-0.2, -0.15) is 0 Å². The first-order chi connectivity index (χ1) is 10.9. The molecule has 0 spiro atoms. The van der Waals surface area contributed by atoms with Gasteiger partial charge in [0.2, 0.25) is 0 Å². The fraction of sp³-hybridized carbons (Fsp3) is 0.500. The molecule has 2 atom stereocenters. The number of hydrogen-bond acceptors (Lipinski definition) is 3. The second-order valence-corrected chi connectivity index (χ2v) is 6.81. The van der Waals surface area contributed by atoms with Crippen molar-refractivity contribution in [3.05, 3.63) is 28.7 Å². The lowest BCUT2D eigenvalue weighted by Crippen LogP contribution is -2.46. The number of carbonyl (C=O) groups is 2. The zero-order valence-corrected chi connectivity index (χ0v) is 14.9. The van der Waals surface area contributed by atoms with Crippen LogP contribution < -0.4 is 10.2 Å². The predicted molar refractivity (Wildman–Crippen MR) is 92.7 cm³/mol. The summed E-state index contributed by atoms with van der Waals surface area (Å²) < 4.78 is 1.04. The summed E-state index contributed by atoms with van der Waals surface area (Å²) in [6.07, 6.45) is 0.870. The number of amides is 2. The highest BCUT2D eigenvalue weighted by atomic mass is 79.9. The molecule has 2 N–H and O–H groups in total. The van der Waals surface area contributed by atoms with Crippen LogP contribution in [-0.4, -0.2) is 54.7 Å². The van der Waals surface area contributed by atoms with Crippen LogP contribution in [0.3, 0.4) is 0 Å². The summed E-state index contributed by atoms with van der Waals surface area (Å²) in [6.45, 7) is 3.41. The molecule has 7 heteroatoms. The first-order valence-corrected chi connectivity index (χ1v) is 8.41. The third-order valence-electron chi connectivity index (χ3n) is 4.02. The molecule has 126 valence electrons. The fourth-order valence-electron chi connectivity index (χ4n) is 2.66. The lowest BCUT2D eigenvalue weighted by molar-refractivity contribution is -0.141. The van der Waals surface area contributed by atoms with Crippen molar-refractivity contribution < 1.29 is 14.7 Å². The minimum Gasteiger partial charge on any atom is -0.481 e. The summed E-state index contributed by atoms with van der Waals surface area (Å²) in [5.41, 5.74) is 1.12. The van der Waals surface area contributed by atoms with E-state index < -0.39 is 11.9 Å². The Labute approximate surface area is 144 Å². The molecule has 0 saturated carbocycles. The van der Waals surface area contributed by atoms with E-state index in [1.54, 1.807) is 14.0 Å². The number of carbonyl (C=O) groups excluding carboxylic acids is 1. The molecule has 0 radical (unpaired) electrons. The van der Waals surface area contributed by atoms with Crippen molar-refractivity contribution in [2.24, 2.45) is 5.92 Å². The SMILES string of the molecule is CC(CN(C)C(=O)NC1CCN(c2ccccc2Br)C1)C(=O)O. The van der Waals surface area contributed by atoms with Crippen molar-refractivity contribution in [3.8, 4) is 0 Å². The molecule has 2 unspecified atom stereocenters. The monoisotopic (exact) mass is 383 g/mol. The highest BCUT2D eigenvalue weighted by Crippen LogP contribution is 2.28. The van der Waals surface area contributed by atoms with Crippen molar-refractivity contribution in [2.45, 2.75) is 19.4 Å². The maximum atomic E-state index is 12.2. The first-order valence-electron chi connectivity index (χ1n) is 7.62. The molecule has 1 aliphatic rings. The van der Waals surface area contributed by atoms with Crippen molar-refractivity contribution >= 4 is 33.6 Å². The molecule has 0 aliphatic carbocycles. The van der Waals surface area contributed by atoms with Gasteiger partial charge in [-0.05, 0) is 34.5 Å². The minimum absolute atomic E-state index is 0.0668. The zero-order valence-electron chi connectivity index (χ0n) is 13.3. The molecule has 23 heavy (non-hydrogen) atoms. The zero-order chi connectivity index (χ0) is 17.0. The Kier molecular flexibility index (Phi) is 5.87. The summed E-state index contributed by atoms with van der Waals surface area (Å²) in [6, 6.07) is 7.86. The number of nitrogens with one attached hydrogen (secondary N) is 1. The van der Waals surface area contributed by atoms with E-state index in [-0.39, 0.29) is 18.6 Å². The first kappa shape index (κ1) is 17.6. The third kappa shape index (κ3) is 4.60. The highest BCUT2D eigenvalue weighted by Gasteiger charge is 2.26. The van der Waals surface area contributed by atoms with Crippen molar-refractivity contribution in [1.82, 2.24) is 10.2 Å². The molecule has 0 aromatic heterocycles. The highest BCUT2D eigenvalue weighted by molar-refractivity contribution is 9.10. The van der Waals surface area contributed by atoms with Crippen LogP contribution in [0.15, 0.2) is 28.7 Å². The number of anilines is 1. The Morgan fingerprint density at radius 1 is 1.48 bits per heavy atom. The van der Waals surface area contributed by atoms with Crippen molar-refractivity contribution in [2.75, 3.05) is 31.6 Å². The Bertz CT molecular complexity index is 581. The summed E-state index contributed by atoms with van der Waals surface area (Å²) in [5.74, 6) is -1.48. The number of rotatable bonds is 5. The van der Waals surface area contributed by atoms with Gasteiger partial charge in [0.05, 0.1) is 11.6 Å². The average Bonchev–Trinajstić information content (AvgIpc) is 2.95. The molecule has 1 aromatic rings. The summed E-state index contributed by atoms with van der Waals surface area (Å²) in [4.78, 5) is 26.7. The van der Waals surface area contributed by atoms with Crippen LogP contribution in [0.4, 0.5) is 10.5 Å². The number of carboxylic acid groups (broad SMARTS) is 1. The second kappa shape index (κ2) is 7.68. The molecule has 1 aromatic carbocycles. The van der Waals surface area contributed by atoms with E-state index in [4.69, 9.17) is 5.11 Å². The van der Waals surface area contributed by atoms with Crippen LogP contribution >= 0.6 is 15.9 Å². The largest absolute Gasteiger partial charge is 0.481 e. The number of para-hydroxylation sites is 1. The van der Waals surface area contributed by atoms with Gasteiger partial charge in [-0.1, -0.05) is 19.1 Å². The number of halogens is 1. The van der Waals surface area contributed by atoms with Gasteiger partial charge in [0.25, 0.3) is 0 Å². The van der Waals surface area contributed by atoms with Gasteiger partial charge in [-0.3, -0.25) is 4.79 Å². The molecule has 1 fully saturated rings. The average molecular weight is 384 g/mol. The number of benzene rings is 1. The number of hydrogen-bond donors (Lipinski definition) is 2. The maximum absolute atomic E-state index is 12.2. The van der Waals surface area contributed by atoms with Gasteiger partial charge >= 0.3 is 12.0 Å². The third-order valence-corrected chi connectivity index (χ3v) is 4.70. The van der Waals surface area contributed by atoms with Gasteiger partial charge in [-0.15, -0.1) is 0 Å². The van der Waals surface area contributed by atoms with Crippen LogP contribution in [0.2, 0.25) is 0 Å². The molecule has 2 rings (SSSR count). The van der Waals surface area contributed by atoms with Crippen LogP contribution in [0, 0.1) is 5.92 Å². The Balaban J connectivity index is 1.87. The van der Waals surface area contributed by atoms with Gasteiger partial charge in [-0.25, -0.2) is 4.79 Å². The van der Waals surface area contributed by atoms with Crippen LogP contribution in [0.5, 0.6) is 0 Å². The van der Waals surface area contributed by atoms with E-state index in [9.17, 15) is 9.59 Å².